The molecule has 0 spiro atoms. The average molecular weight is 460 g/mol. The summed E-state index contributed by atoms with van der Waals surface area (Å²) in [6, 6.07) is 15.5. The molecule has 2 saturated heterocycles. The smallest absolute Gasteiger partial charge is 0.241 e. The molecule has 1 atom stereocenters. The van der Waals surface area contributed by atoms with E-state index in [0.29, 0.717) is 31.2 Å². The fourth-order valence-electron chi connectivity index (χ4n) is 4.75. The van der Waals surface area contributed by atoms with Crippen LogP contribution in [0.4, 0.5) is 11.4 Å². The van der Waals surface area contributed by atoms with Crippen molar-refractivity contribution in [2.75, 3.05) is 29.9 Å². The summed E-state index contributed by atoms with van der Waals surface area (Å²) < 4.78 is 5.46. The van der Waals surface area contributed by atoms with Crippen molar-refractivity contribution < 1.29 is 14.1 Å². The standard InChI is InChI=1S/C26H29N5O3/c1-18-11-12-21(15-22(18)31-14-6-10-24(31)32)27-26(33)20-9-5-13-30(16-20)17-23-28-25(29-34-23)19-7-3-2-4-8-19/h2-4,7-8,11-12,15,20H,5-6,9-10,13-14,16-17H2,1H3,(H,27,33). The monoisotopic (exact) mass is 459 g/mol. The minimum atomic E-state index is -0.122. The molecule has 1 unspecified atom stereocenters. The Hall–Kier alpha value is -3.52. The number of amides is 2. The van der Waals surface area contributed by atoms with Gasteiger partial charge in [-0.05, 0) is 50.4 Å². The molecule has 34 heavy (non-hydrogen) atoms. The first-order valence-electron chi connectivity index (χ1n) is 11.9. The number of rotatable bonds is 6. The zero-order valence-corrected chi connectivity index (χ0v) is 19.4. The number of hydrogen-bond donors (Lipinski definition) is 1. The second-order valence-electron chi connectivity index (χ2n) is 9.09. The Labute approximate surface area is 198 Å². The highest BCUT2D eigenvalue weighted by Gasteiger charge is 2.28. The highest BCUT2D eigenvalue weighted by Crippen LogP contribution is 2.29. The number of hydrogen-bond acceptors (Lipinski definition) is 6. The van der Waals surface area contributed by atoms with Crippen LogP contribution in [-0.4, -0.2) is 46.5 Å². The van der Waals surface area contributed by atoms with Gasteiger partial charge in [0.1, 0.15) is 0 Å². The summed E-state index contributed by atoms with van der Waals surface area (Å²) in [6.07, 6.45) is 3.23. The molecular weight excluding hydrogens is 430 g/mol. The zero-order valence-electron chi connectivity index (χ0n) is 19.4. The van der Waals surface area contributed by atoms with Crippen LogP contribution in [0.3, 0.4) is 0 Å². The van der Waals surface area contributed by atoms with Crippen LogP contribution in [0.5, 0.6) is 0 Å². The number of carbonyl (C=O) groups is 2. The molecule has 0 aliphatic carbocycles. The van der Waals surface area contributed by atoms with E-state index in [4.69, 9.17) is 4.52 Å². The average Bonchev–Trinajstić information content (AvgIpc) is 3.50. The first-order valence-corrected chi connectivity index (χ1v) is 11.9. The van der Waals surface area contributed by atoms with E-state index < -0.39 is 0 Å². The molecule has 1 N–H and O–H groups in total. The van der Waals surface area contributed by atoms with E-state index >= 15 is 0 Å². The third-order valence-electron chi connectivity index (χ3n) is 6.58. The third-order valence-corrected chi connectivity index (χ3v) is 6.58. The van der Waals surface area contributed by atoms with Gasteiger partial charge in [-0.15, -0.1) is 0 Å². The Balaban J connectivity index is 1.21. The number of nitrogens with zero attached hydrogens (tertiary/aromatic N) is 4. The zero-order chi connectivity index (χ0) is 23.5. The van der Waals surface area contributed by atoms with Crippen molar-refractivity contribution in [3.05, 3.63) is 60.0 Å². The maximum absolute atomic E-state index is 13.1. The van der Waals surface area contributed by atoms with Crippen LogP contribution in [0, 0.1) is 12.8 Å². The molecule has 0 radical (unpaired) electrons. The van der Waals surface area contributed by atoms with E-state index in [1.54, 1.807) is 0 Å². The highest BCUT2D eigenvalue weighted by molar-refractivity contribution is 5.98. The summed E-state index contributed by atoms with van der Waals surface area (Å²) in [6.45, 7) is 4.77. The van der Waals surface area contributed by atoms with Gasteiger partial charge in [0, 0.05) is 36.4 Å². The van der Waals surface area contributed by atoms with Crippen molar-refractivity contribution in [2.45, 2.75) is 39.2 Å². The van der Waals surface area contributed by atoms with Crippen LogP contribution in [0.25, 0.3) is 11.4 Å². The second-order valence-corrected chi connectivity index (χ2v) is 9.09. The molecule has 2 aliphatic heterocycles. The Bertz CT molecular complexity index is 1180. The molecule has 0 saturated carbocycles. The normalized spacial score (nSPS) is 18.9. The molecule has 1 aromatic heterocycles. The van der Waals surface area contributed by atoms with E-state index in [-0.39, 0.29) is 17.7 Å². The van der Waals surface area contributed by atoms with Gasteiger partial charge < -0.3 is 14.7 Å². The van der Waals surface area contributed by atoms with Crippen molar-refractivity contribution in [1.29, 1.82) is 0 Å². The summed E-state index contributed by atoms with van der Waals surface area (Å²) in [4.78, 5) is 33.8. The maximum atomic E-state index is 13.1. The van der Waals surface area contributed by atoms with Crippen LogP contribution in [0.15, 0.2) is 53.1 Å². The van der Waals surface area contributed by atoms with Crippen molar-refractivity contribution in [3.63, 3.8) is 0 Å². The van der Waals surface area contributed by atoms with E-state index in [1.165, 1.54) is 0 Å². The first kappa shape index (κ1) is 22.3. The SMILES string of the molecule is Cc1ccc(NC(=O)C2CCCN(Cc3nc(-c4ccccc4)no3)C2)cc1N1CCCC1=O. The molecule has 8 nitrogen and oxygen atoms in total. The first-order chi connectivity index (χ1) is 16.6. The quantitative estimate of drug-likeness (QED) is 0.599. The largest absolute Gasteiger partial charge is 0.338 e. The summed E-state index contributed by atoms with van der Waals surface area (Å²) in [5.41, 5.74) is 3.57. The predicted molar refractivity (Wildman–Crippen MR) is 129 cm³/mol. The summed E-state index contributed by atoms with van der Waals surface area (Å²) in [5, 5.41) is 7.17. The van der Waals surface area contributed by atoms with Crippen LogP contribution in [0.1, 0.15) is 37.1 Å². The van der Waals surface area contributed by atoms with Gasteiger partial charge in [0.15, 0.2) is 0 Å². The van der Waals surface area contributed by atoms with Gasteiger partial charge in [0.25, 0.3) is 0 Å². The van der Waals surface area contributed by atoms with Gasteiger partial charge in [-0.25, -0.2) is 0 Å². The number of anilines is 2. The lowest BCUT2D eigenvalue weighted by molar-refractivity contribution is -0.121. The van der Waals surface area contributed by atoms with Crippen LogP contribution < -0.4 is 10.2 Å². The molecule has 2 amide bonds. The van der Waals surface area contributed by atoms with Crippen molar-refractivity contribution in [3.8, 4) is 11.4 Å². The fraction of sp³-hybridized carbons (Fsp3) is 0.385. The molecule has 3 heterocycles. The fourth-order valence-corrected chi connectivity index (χ4v) is 4.75. The lowest BCUT2D eigenvalue weighted by atomic mass is 9.97. The number of carbonyl (C=O) groups excluding carboxylic acids is 2. The predicted octanol–water partition coefficient (Wildman–Crippen LogP) is 4.02. The van der Waals surface area contributed by atoms with Gasteiger partial charge >= 0.3 is 0 Å². The lowest BCUT2D eigenvalue weighted by Gasteiger charge is -2.31. The minimum Gasteiger partial charge on any atom is -0.338 e. The number of aromatic nitrogens is 2. The van der Waals surface area contributed by atoms with Crippen molar-refractivity contribution >= 4 is 23.2 Å². The summed E-state index contributed by atoms with van der Waals surface area (Å²) in [5.74, 6) is 1.16. The Morgan fingerprint density at radius 1 is 1.15 bits per heavy atom. The van der Waals surface area contributed by atoms with Crippen LogP contribution in [0.2, 0.25) is 0 Å². The minimum absolute atomic E-state index is 0.00255. The van der Waals surface area contributed by atoms with Gasteiger partial charge in [0.2, 0.25) is 23.5 Å². The molecule has 2 aromatic carbocycles. The Kier molecular flexibility index (Phi) is 6.40. The van der Waals surface area contributed by atoms with Gasteiger partial charge in [-0.3, -0.25) is 14.5 Å². The number of nitrogens with one attached hydrogen (secondary N) is 1. The Morgan fingerprint density at radius 2 is 2.00 bits per heavy atom. The molecule has 0 bridgehead atoms. The number of piperidine rings is 1. The van der Waals surface area contributed by atoms with Gasteiger partial charge in [-0.2, -0.15) is 4.98 Å². The summed E-state index contributed by atoms with van der Waals surface area (Å²) >= 11 is 0. The molecule has 5 rings (SSSR count). The van der Waals surface area contributed by atoms with Crippen LogP contribution >= 0.6 is 0 Å². The van der Waals surface area contributed by atoms with E-state index in [0.717, 1.165) is 54.9 Å². The summed E-state index contributed by atoms with van der Waals surface area (Å²) in [7, 11) is 0. The molecule has 176 valence electrons. The molecule has 8 heteroatoms. The third kappa shape index (κ3) is 4.87. The van der Waals surface area contributed by atoms with Gasteiger partial charge in [-0.1, -0.05) is 41.6 Å². The maximum Gasteiger partial charge on any atom is 0.241 e. The van der Waals surface area contributed by atoms with E-state index in [2.05, 4.69) is 20.4 Å². The van der Waals surface area contributed by atoms with E-state index in [9.17, 15) is 9.59 Å². The van der Waals surface area contributed by atoms with Crippen LogP contribution in [-0.2, 0) is 16.1 Å². The number of benzene rings is 2. The van der Waals surface area contributed by atoms with Crippen molar-refractivity contribution in [2.24, 2.45) is 5.92 Å². The highest BCUT2D eigenvalue weighted by atomic mass is 16.5. The van der Waals surface area contributed by atoms with Crippen molar-refractivity contribution in [1.82, 2.24) is 15.0 Å². The molecule has 2 aliphatic rings. The number of likely N-dealkylation sites (tertiary alicyclic amines) is 1. The number of aryl methyl sites for hydroxylation is 1. The Morgan fingerprint density at radius 3 is 2.79 bits per heavy atom. The lowest BCUT2D eigenvalue weighted by Crippen LogP contribution is -2.40. The molecule has 2 fully saturated rings. The van der Waals surface area contributed by atoms with E-state index in [1.807, 2.05) is 60.4 Å². The van der Waals surface area contributed by atoms with Gasteiger partial charge in [0.05, 0.1) is 12.5 Å². The molecule has 3 aromatic rings. The molecular formula is C26H29N5O3. The second kappa shape index (κ2) is 9.77. The topological polar surface area (TPSA) is 91.6 Å².